The SMILES string of the molecule is c1ccc([SH](c2ccccc2)c2ccc(OCc3cccs3)cc2)cc1. The number of hydrogen-bond acceptors (Lipinski definition) is 2. The van der Waals surface area contributed by atoms with Gasteiger partial charge in [0.25, 0.3) is 0 Å². The molecule has 4 rings (SSSR count). The number of thiol groups is 1. The number of thiophene rings is 1. The molecule has 0 amide bonds. The third-order valence-electron chi connectivity index (χ3n) is 4.08. The summed E-state index contributed by atoms with van der Waals surface area (Å²) < 4.78 is 5.91. The van der Waals surface area contributed by atoms with Crippen LogP contribution in [0, 0.1) is 0 Å². The third kappa shape index (κ3) is 4.01. The molecule has 0 radical (unpaired) electrons. The molecule has 0 saturated carbocycles. The van der Waals surface area contributed by atoms with Crippen LogP contribution in [0.4, 0.5) is 0 Å². The second-order valence-electron chi connectivity index (χ2n) is 5.87. The van der Waals surface area contributed by atoms with Gasteiger partial charge in [-0.1, -0.05) is 42.5 Å². The minimum atomic E-state index is -0.557. The number of rotatable bonds is 6. The lowest BCUT2D eigenvalue weighted by Gasteiger charge is -2.23. The summed E-state index contributed by atoms with van der Waals surface area (Å²) in [6, 6.07) is 34.2. The van der Waals surface area contributed by atoms with Gasteiger partial charge in [-0.2, -0.15) is 10.9 Å². The minimum absolute atomic E-state index is 0.557. The molecule has 0 unspecified atom stereocenters. The summed E-state index contributed by atoms with van der Waals surface area (Å²) in [5.41, 5.74) is 0. The van der Waals surface area contributed by atoms with Crippen molar-refractivity contribution < 1.29 is 4.74 Å². The maximum absolute atomic E-state index is 5.91. The number of hydrogen-bond donors (Lipinski definition) is 1. The molecule has 4 aromatic rings. The van der Waals surface area contributed by atoms with Crippen LogP contribution in [-0.2, 0) is 6.61 Å². The highest BCUT2D eigenvalue weighted by Crippen LogP contribution is 2.51. The highest BCUT2D eigenvalue weighted by Gasteiger charge is 2.12. The van der Waals surface area contributed by atoms with Crippen LogP contribution in [-0.4, -0.2) is 0 Å². The van der Waals surface area contributed by atoms with Crippen LogP contribution in [0.1, 0.15) is 4.88 Å². The molecule has 3 heteroatoms. The van der Waals surface area contributed by atoms with Gasteiger partial charge in [-0.15, -0.1) is 11.3 Å². The number of benzene rings is 3. The predicted octanol–water partition coefficient (Wildman–Crippen LogP) is 6.81. The molecular formula is C23H20OS2. The molecule has 0 bridgehead atoms. The average molecular weight is 377 g/mol. The first-order valence-corrected chi connectivity index (χ1v) is 10.8. The topological polar surface area (TPSA) is 9.23 Å². The molecule has 26 heavy (non-hydrogen) atoms. The van der Waals surface area contributed by atoms with Crippen LogP contribution in [0.5, 0.6) is 5.75 Å². The molecule has 0 N–H and O–H groups in total. The average Bonchev–Trinajstić information content (AvgIpc) is 3.23. The summed E-state index contributed by atoms with van der Waals surface area (Å²) in [5, 5.41) is 2.08. The number of ether oxygens (including phenoxy) is 1. The smallest absolute Gasteiger partial charge is 0.122 e. The Morgan fingerprint density at radius 2 is 1.19 bits per heavy atom. The molecule has 0 aliphatic carbocycles. The second kappa shape index (κ2) is 8.26. The van der Waals surface area contributed by atoms with E-state index in [-0.39, 0.29) is 0 Å². The van der Waals surface area contributed by atoms with E-state index < -0.39 is 10.9 Å². The zero-order valence-corrected chi connectivity index (χ0v) is 16.0. The van der Waals surface area contributed by atoms with Crippen LogP contribution in [0.3, 0.4) is 0 Å². The molecule has 1 aromatic heterocycles. The zero-order valence-electron chi connectivity index (χ0n) is 14.3. The van der Waals surface area contributed by atoms with Gasteiger partial charge in [0.1, 0.15) is 12.4 Å². The van der Waals surface area contributed by atoms with Crippen molar-refractivity contribution in [3.63, 3.8) is 0 Å². The largest absolute Gasteiger partial charge is 0.488 e. The van der Waals surface area contributed by atoms with E-state index in [9.17, 15) is 0 Å². The van der Waals surface area contributed by atoms with Crippen LogP contribution in [0.15, 0.2) is 117 Å². The fourth-order valence-electron chi connectivity index (χ4n) is 2.84. The van der Waals surface area contributed by atoms with E-state index in [1.165, 1.54) is 19.6 Å². The van der Waals surface area contributed by atoms with Crippen molar-refractivity contribution in [2.24, 2.45) is 0 Å². The van der Waals surface area contributed by atoms with Crippen molar-refractivity contribution in [2.45, 2.75) is 21.3 Å². The summed E-state index contributed by atoms with van der Waals surface area (Å²) in [6.07, 6.45) is 0. The zero-order chi connectivity index (χ0) is 17.6. The van der Waals surface area contributed by atoms with Gasteiger partial charge in [-0.3, -0.25) is 0 Å². The second-order valence-corrected chi connectivity index (χ2v) is 9.12. The summed E-state index contributed by atoms with van der Waals surface area (Å²) in [5.74, 6) is 0.915. The van der Waals surface area contributed by atoms with E-state index in [2.05, 4.69) is 102 Å². The maximum atomic E-state index is 5.91. The van der Waals surface area contributed by atoms with Crippen LogP contribution in [0.25, 0.3) is 0 Å². The molecule has 0 aliphatic rings. The Hall–Kier alpha value is -2.49. The Morgan fingerprint density at radius 1 is 0.615 bits per heavy atom. The van der Waals surface area contributed by atoms with Crippen molar-refractivity contribution in [2.75, 3.05) is 0 Å². The van der Waals surface area contributed by atoms with Gasteiger partial charge in [-0.05, 0) is 74.7 Å². The van der Waals surface area contributed by atoms with Gasteiger partial charge in [0.15, 0.2) is 0 Å². The van der Waals surface area contributed by atoms with E-state index >= 15 is 0 Å². The van der Waals surface area contributed by atoms with E-state index in [0.29, 0.717) is 6.61 Å². The predicted molar refractivity (Wildman–Crippen MR) is 112 cm³/mol. The van der Waals surface area contributed by atoms with Crippen molar-refractivity contribution in [3.05, 3.63) is 107 Å². The van der Waals surface area contributed by atoms with Crippen LogP contribution >= 0.6 is 22.2 Å². The van der Waals surface area contributed by atoms with E-state index in [0.717, 1.165) is 5.75 Å². The molecule has 130 valence electrons. The Balaban J connectivity index is 1.60. The molecule has 1 nitrogen and oxygen atoms in total. The van der Waals surface area contributed by atoms with Gasteiger partial charge in [0.05, 0.1) is 0 Å². The van der Waals surface area contributed by atoms with E-state index in [1.54, 1.807) is 11.3 Å². The normalized spacial score (nSPS) is 11.2. The van der Waals surface area contributed by atoms with Crippen molar-refractivity contribution in [1.29, 1.82) is 0 Å². The molecular weight excluding hydrogens is 356 g/mol. The van der Waals surface area contributed by atoms with Crippen molar-refractivity contribution in [3.8, 4) is 5.75 Å². The lowest BCUT2D eigenvalue weighted by Crippen LogP contribution is -1.93. The Morgan fingerprint density at radius 3 is 1.73 bits per heavy atom. The molecule has 0 spiro atoms. The third-order valence-corrected chi connectivity index (χ3v) is 7.38. The highest BCUT2D eigenvalue weighted by atomic mass is 32.2. The Labute approximate surface area is 161 Å². The first-order chi connectivity index (χ1) is 12.9. The summed E-state index contributed by atoms with van der Waals surface area (Å²) in [4.78, 5) is 5.30. The standard InChI is InChI=1S/C23H20OS2/c1-3-9-21(10-4-1)26(22-11-5-2-6-12-22)23-15-13-19(14-16-23)24-18-20-8-7-17-25-20/h1-17,26H,18H2. The van der Waals surface area contributed by atoms with Gasteiger partial charge in [0.2, 0.25) is 0 Å². The lowest BCUT2D eigenvalue weighted by molar-refractivity contribution is 0.309. The van der Waals surface area contributed by atoms with Gasteiger partial charge < -0.3 is 4.74 Å². The van der Waals surface area contributed by atoms with Crippen molar-refractivity contribution >= 4 is 22.2 Å². The fourth-order valence-corrected chi connectivity index (χ4v) is 5.74. The fraction of sp³-hybridized carbons (Fsp3) is 0.0435. The minimum Gasteiger partial charge on any atom is -0.488 e. The Bertz CT molecular complexity index is 878. The molecule has 0 atom stereocenters. The summed E-state index contributed by atoms with van der Waals surface area (Å²) >= 11 is 1.72. The summed E-state index contributed by atoms with van der Waals surface area (Å²) in [7, 11) is -0.557. The van der Waals surface area contributed by atoms with E-state index in [4.69, 9.17) is 4.74 Å². The lowest BCUT2D eigenvalue weighted by atomic mass is 10.3. The first-order valence-electron chi connectivity index (χ1n) is 8.56. The van der Waals surface area contributed by atoms with Crippen LogP contribution in [0.2, 0.25) is 0 Å². The van der Waals surface area contributed by atoms with Gasteiger partial charge in [-0.25, -0.2) is 0 Å². The monoisotopic (exact) mass is 376 g/mol. The van der Waals surface area contributed by atoms with Crippen molar-refractivity contribution in [1.82, 2.24) is 0 Å². The molecule has 1 heterocycles. The Kier molecular flexibility index (Phi) is 5.38. The first kappa shape index (κ1) is 17.0. The quantitative estimate of drug-likeness (QED) is 0.364. The van der Waals surface area contributed by atoms with Crippen LogP contribution < -0.4 is 4.74 Å². The molecule has 0 aliphatic heterocycles. The summed E-state index contributed by atoms with van der Waals surface area (Å²) in [6.45, 7) is 0.628. The molecule has 3 aromatic carbocycles. The highest BCUT2D eigenvalue weighted by molar-refractivity contribution is 8.17. The molecule has 0 saturated heterocycles. The maximum Gasteiger partial charge on any atom is 0.122 e. The van der Waals surface area contributed by atoms with E-state index in [1.807, 2.05) is 0 Å². The van der Waals surface area contributed by atoms with Gasteiger partial charge in [0, 0.05) is 4.88 Å². The molecule has 0 fully saturated rings. The van der Waals surface area contributed by atoms with Gasteiger partial charge >= 0.3 is 0 Å².